The molecular weight excluding hydrogens is 447 g/mol. The molecule has 0 aliphatic rings. The Morgan fingerprint density at radius 2 is 1.67 bits per heavy atom. The normalized spacial score (nSPS) is 12.4. The topological polar surface area (TPSA) is 39.7 Å². The van der Waals surface area contributed by atoms with Crippen molar-refractivity contribution in [3.05, 3.63) is 71.3 Å². The van der Waals surface area contributed by atoms with Crippen LogP contribution >= 0.6 is 24.0 Å². The molecule has 0 heterocycles. The van der Waals surface area contributed by atoms with Crippen LogP contribution in [0.1, 0.15) is 43.5 Å². The molecule has 1 unspecified atom stereocenters. The predicted molar refractivity (Wildman–Crippen MR) is 127 cm³/mol. The number of benzene rings is 2. The first-order valence-corrected chi connectivity index (χ1v) is 9.48. The maximum atomic E-state index is 4.35. The van der Waals surface area contributed by atoms with Crippen LogP contribution in [0.4, 0.5) is 0 Å². The molecule has 0 radical (unpaired) electrons. The van der Waals surface area contributed by atoms with Crippen molar-refractivity contribution in [3.8, 4) is 0 Å². The molecule has 0 fully saturated rings. The van der Waals surface area contributed by atoms with E-state index in [0.29, 0.717) is 0 Å². The summed E-state index contributed by atoms with van der Waals surface area (Å²) in [4.78, 5) is 6.78. The largest absolute Gasteiger partial charge is 0.352 e. The summed E-state index contributed by atoms with van der Waals surface area (Å²) < 4.78 is 0. The average Bonchev–Trinajstić information content (AvgIpc) is 2.70. The highest BCUT2D eigenvalue weighted by Crippen LogP contribution is 2.11. The quantitative estimate of drug-likeness (QED) is 0.330. The van der Waals surface area contributed by atoms with E-state index >= 15 is 0 Å². The third-order valence-corrected chi connectivity index (χ3v) is 4.63. The molecule has 0 aliphatic heterocycles. The molecule has 1 atom stereocenters. The van der Waals surface area contributed by atoms with E-state index in [1.807, 2.05) is 13.1 Å². The second kappa shape index (κ2) is 12.7. The van der Waals surface area contributed by atoms with Gasteiger partial charge in [-0.3, -0.25) is 9.89 Å². The van der Waals surface area contributed by atoms with Gasteiger partial charge in [-0.2, -0.15) is 0 Å². The molecule has 2 aromatic rings. The van der Waals surface area contributed by atoms with Crippen LogP contribution in [0.3, 0.4) is 0 Å². The van der Waals surface area contributed by atoms with E-state index in [1.165, 1.54) is 16.7 Å². The molecule has 148 valence electrons. The number of rotatable bonds is 8. The molecular formula is C22H33IN4. The summed E-state index contributed by atoms with van der Waals surface area (Å²) in [5.41, 5.74) is 3.87. The van der Waals surface area contributed by atoms with Gasteiger partial charge in [-0.1, -0.05) is 68.4 Å². The molecule has 0 aromatic heterocycles. The fourth-order valence-electron chi connectivity index (χ4n) is 2.95. The molecule has 2 N–H and O–H groups in total. The summed E-state index contributed by atoms with van der Waals surface area (Å²) >= 11 is 0. The van der Waals surface area contributed by atoms with E-state index < -0.39 is 0 Å². The molecule has 0 saturated heterocycles. The van der Waals surface area contributed by atoms with Crippen molar-refractivity contribution in [1.29, 1.82) is 0 Å². The molecule has 0 bridgehead atoms. The average molecular weight is 480 g/mol. The van der Waals surface area contributed by atoms with Gasteiger partial charge in [0.15, 0.2) is 5.96 Å². The van der Waals surface area contributed by atoms with Gasteiger partial charge in [-0.05, 0) is 36.7 Å². The van der Waals surface area contributed by atoms with E-state index in [0.717, 1.165) is 32.1 Å². The highest BCUT2D eigenvalue weighted by molar-refractivity contribution is 14.0. The van der Waals surface area contributed by atoms with E-state index in [4.69, 9.17) is 0 Å². The summed E-state index contributed by atoms with van der Waals surface area (Å²) in [6.45, 7) is 10.5. The first kappa shape index (κ1) is 23.4. The lowest BCUT2D eigenvalue weighted by Gasteiger charge is -2.19. The second-order valence-corrected chi connectivity index (χ2v) is 6.48. The van der Waals surface area contributed by atoms with Crippen LogP contribution in [0.5, 0.6) is 0 Å². The van der Waals surface area contributed by atoms with Crippen LogP contribution in [0.25, 0.3) is 0 Å². The van der Waals surface area contributed by atoms with E-state index in [-0.39, 0.29) is 30.0 Å². The highest BCUT2D eigenvalue weighted by Gasteiger charge is 2.07. The van der Waals surface area contributed by atoms with Crippen molar-refractivity contribution < 1.29 is 0 Å². The van der Waals surface area contributed by atoms with Gasteiger partial charge in [0.05, 0.1) is 6.04 Å². The lowest BCUT2D eigenvalue weighted by molar-refractivity contribution is 0.296. The standard InChI is InChI=1S/C22H32N4.HI/c1-5-26(6-2)17-20-12-10-11-19(15-20)16-24-22(23-4)25-18(3)21-13-8-7-9-14-21;/h7-15,18H,5-6,16-17H2,1-4H3,(H2,23,24,25);1H. The van der Waals surface area contributed by atoms with Gasteiger partial charge in [0, 0.05) is 20.1 Å². The zero-order valence-corrected chi connectivity index (χ0v) is 19.2. The van der Waals surface area contributed by atoms with E-state index in [2.05, 4.69) is 89.8 Å². The van der Waals surface area contributed by atoms with Crippen molar-refractivity contribution in [2.24, 2.45) is 4.99 Å². The Balaban J connectivity index is 0.00000364. The fraction of sp³-hybridized carbons (Fsp3) is 0.409. The second-order valence-electron chi connectivity index (χ2n) is 6.48. The molecule has 0 amide bonds. The minimum Gasteiger partial charge on any atom is -0.352 e. The van der Waals surface area contributed by atoms with Gasteiger partial charge in [-0.25, -0.2) is 0 Å². The number of hydrogen-bond acceptors (Lipinski definition) is 2. The van der Waals surface area contributed by atoms with Crippen LogP contribution in [0.15, 0.2) is 59.6 Å². The third-order valence-electron chi connectivity index (χ3n) is 4.63. The number of halogens is 1. The lowest BCUT2D eigenvalue weighted by atomic mass is 10.1. The zero-order chi connectivity index (χ0) is 18.8. The predicted octanol–water partition coefficient (Wildman–Crippen LogP) is 4.57. The minimum atomic E-state index is 0. The first-order valence-electron chi connectivity index (χ1n) is 9.48. The zero-order valence-electron chi connectivity index (χ0n) is 16.9. The minimum absolute atomic E-state index is 0. The number of hydrogen-bond donors (Lipinski definition) is 2. The maximum absolute atomic E-state index is 4.35. The third kappa shape index (κ3) is 7.89. The van der Waals surface area contributed by atoms with Gasteiger partial charge in [0.25, 0.3) is 0 Å². The highest BCUT2D eigenvalue weighted by atomic mass is 127. The van der Waals surface area contributed by atoms with Crippen LogP contribution < -0.4 is 10.6 Å². The van der Waals surface area contributed by atoms with Gasteiger partial charge >= 0.3 is 0 Å². The maximum Gasteiger partial charge on any atom is 0.191 e. The molecule has 0 saturated carbocycles. The Kier molecular flexibility index (Phi) is 11.0. The summed E-state index contributed by atoms with van der Waals surface area (Å²) in [6, 6.07) is 19.4. The summed E-state index contributed by atoms with van der Waals surface area (Å²) in [5.74, 6) is 0.815. The summed E-state index contributed by atoms with van der Waals surface area (Å²) in [7, 11) is 1.81. The Morgan fingerprint density at radius 3 is 2.30 bits per heavy atom. The molecule has 27 heavy (non-hydrogen) atoms. The molecule has 0 spiro atoms. The van der Waals surface area contributed by atoms with Gasteiger partial charge in [0.2, 0.25) is 0 Å². The summed E-state index contributed by atoms with van der Waals surface area (Å²) in [6.07, 6.45) is 0. The Morgan fingerprint density at radius 1 is 1.00 bits per heavy atom. The number of nitrogens with one attached hydrogen (secondary N) is 2. The smallest absolute Gasteiger partial charge is 0.191 e. The van der Waals surface area contributed by atoms with Crippen LogP contribution in [-0.4, -0.2) is 31.0 Å². The molecule has 0 aliphatic carbocycles. The first-order chi connectivity index (χ1) is 12.7. The SMILES string of the molecule is CCN(CC)Cc1cccc(CNC(=NC)NC(C)c2ccccc2)c1.I. The molecule has 2 aromatic carbocycles. The van der Waals surface area contributed by atoms with Gasteiger partial charge < -0.3 is 10.6 Å². The lowest BCUT2D eigenvalue weighted by Crippen LogP contribution is -2.38. The van der Waals surface area contributed by atoms with Crippen molar-refractivity contribution in [3.63, 3.8) is 0 Å². The van der Waals surface area contributed by atoms with E-state index in [1.54, 1.807) is 0 Å². The van der Waals surface area contributed by atoms with Gasteiger partial charge in [-0.15, -0.1) is 24.0 Å². The Bertz CT molecular complexity index is 684. The number of nitrogens with zero attached hydrogens (tertiary/aromatic N) is 2. The molecule has 4 nitrogen and oxygen atoms in total. The summed E-state index contributed by atoms with van der Waals surface area (Å²) in [5, 5.41) is 6.87. The van der Waals surface area contributed by atoms with Crippen molar-refractivity contribution in [1.82, 2.24) is 15.5 Å². The Hall–Kier alpha value is -1.60. The van der Waals surface area contributed by atoms with Crippen molar-refractivity contribution in [2.75, 3.05) is 20.1 Å². The van der Waals surface area contributed by atoms with Crippen LogP contribution in [-0.2, 0) is 13.1 Å². The van der Waals surface area contributed by atoms with Crippen LogP contribution in [0, 0.1) is 0 Å². The number of guanidine groups is 1. The molecule has 5 heteroatoms. The van der Waals surface area contributed by atoms with Crippen molar-refractivity contribution >= 4 is 29.9 Å². The number of aliphatic imine (C=N–C) groups is 1. The van der Waals surface area contributed by atoms with Gasteiger partial charge in [0.1, 0.15) is 0 Å². The monoisotopic (exact) mass is 480 g/mol. The fourth-order valence-corrected chi connectivity index (χ4v) is 2.95. The van der Waals surface area contributed by atoms with Crippen molar-refractivity contribution in [2.45, 2.75) is 39.9 Å². The van der Waals surface area contributed by atoms with Crippen LogP contribution in [0.2, 0.25) is 0 Å². The molecule has 2 rings (SSSR count). The Labute approximate surface area is 181 Å². The van der Waals surface area contributed by atoms with E-state index in [9.17, 15) is 0 Å².